The fourth-order valence-corrected chi connectivity index (χ4v) is 12.1. The topological polar surface area (TPSA) is 66.4 Å². The van der Waals surface area contributed by atoms with Crippen LogP contribution in [0, 0.1) is 0 Å². The maximum absolute atomic E-state index is 12.8. The molecule has 0 amide bonds. The van der Waals surface area contributed by atoms with Crippen molar-refractivity contribution in [3.05, 3.63) is 145 Å². The Hall–Kier alpha value is -3.19. The van der Waals surface area contributed by atoms with Gasteiger partial charge in [0.2, 0.25) is 0 Å². The molecule has 0 aromatic heterocycles. The molecular formula is C43H56O6Si2. The molecule has 6 nitrogen and oxygen atoms in total. The van der Waals surface area contributed by atoms with Gasteiger partial charge < -0.3 is 28.5 Å². The van der Waals surface area contributed by atoms with Gasteiger partial charge in [-0.2, -0.15) is 0 Å². The Bertz CT molecular complexity index is 1590. The standard InChI is InChI=1S/C43H56O6Si2/c1-8-43(44)38(33-48-51(42(2,3)4,36-25-17-11-18-26-36)37-27-19-12-20-28-37)49-41(45-29-30-50(5,6)7)39(46-31-34-21-13-9-14-22-34)40(43)47-32-35-23-15-10-16-24-35/h8-28,38-41,44H,1,29-33H2,2-7H3/t38-,39-,40-,41-,43-/m1/s1. The van der Waals surface area contributed by atoms with Gasteiger partial charge in [0.05, 0.1) is 19.8 Å². The van der Waals surface area contributed by atoms with E-state index in [-0.39, 0.29) is 18.3 Å². The summed E-state index contributed by atoms with van der Waals surface area (Å²) in [5, 5.41) is 14.8. The predicted molar refractivity (Wildman–Crippen MR) is 212 cm³/mol. The lowest BCUT2D eigenvalue weighted by atomic mass is 9.84. The Morgan fingerprint density at radius 3 is 1.65 bits per heavy atom. The first-order valence-electron chi connectivity index (χ1n) is 18.1. The van der Waals surface area contributed by atoms with Crippen LogP contribution in [-0.2, 0) is 36.6 Å². The summed E-state index contributed by atoms with van der Waals surface area (Å²) in [7, 11) is -4.42. The van der Waals surface area contributed by atoms with E-state index in [0.717, 1.165) is 27.5 Å². The third-order valence-electron chi connectivity index (χ3n) is 9.72. The molecule has 8 heteroatoms. The summed E-state index contributed by atoms with van der Waals surface area (Å²) < 4.78 is 34.1. The van der Waals surface area contributed by atoms with E-state index in [1.807, 2.05) is 72.8 Å². The zero-order chi connectivity index (χ0) is 36.5. The molecule has 4 aromatic carbocycles. The summed E-state index contributed by atoms with van der Waals surface area (Å²) in [5.41, 5.74) is 0.299. The first-order chi connectivity index (χ1) is 24.4. The summed E-state index contributed by atoms with van der Waals surface area (Å²) in [5.74, 6) is 0. The molecule has 1 aliphatic rings. The van der Waals surface area contributed by atoms with Gasteiger partial charge in [-0.3, -0.25) is 0 Å². The maximum Gasteiger partial charge on any atom is 0.261 e. The first kappa shape index (κ1) is 39.0. The molecule has 0 aliphatic carbocycles. The molecule has 5 atom stereocenters. The van der Waals surface area contributed by atoms with Crippen molar-refractivity contribution >= 4 is 26.8 Å². The van der Waals surface area contributed by atoms with Gasteiger partial charge in [0.25, 0.3) is 8.32 Å². The van der Waals surface area contributed by atoms with Crippen molar-refractivity contribution in [2.45, 2.75) is 94.9 Å². The van der Waals surface area contributed by atoms with Gasteiger partial charge in [-0.15, -0.1) is 6.58 Å². The summed E-state index contributed by atoms with van der Waals surface area (Å²) in [6.07, 6.45) is -1.79. The molecule has 0 bridgehead atoms. The molecule has 0 saturated carbocycles. The third kappa shape index (κ3) is 9.44. The highest BCUT2D eigenvalue weighted by atomic mass is 28.4. The minimum atomic E-state index is -2.98. The average Bonchev–Trinajstić information content (AvgIpc) is 3.12. The van der Waals surface area contributed by atoms with Gasteiger partial charge in [-0.1, -0.05) is 168 Å². The Balaban J connectivity index is 1.55. The average molecular weight is 725 g/mol. The van der Waals surface area contributed by atoms with E-state index in [0.29, 0.717) is 13.2 Å². The lowest BCUT2D eigenvalue weighted by Gasteiger charge is -2.51. The molecule has 1 N–H and O–H groups in total. The molecule has 4 aromatic rings. The van der Waals surface area contributed by atoms with Crippen LogP contribution < -0.4 is 10.4 Å². The monoisotopic (exact) mass is 724 g/mol. The molecule has 272 valence electrons. The number of rotatable bonds is 16. The molecule has 0 unspecified atom stereocenters. The minimum Gasteiger partial charge on any atom is -0.405 e. The zero-order valence-corrected chi connectivity index (χ0v) is 33.2. The van der Waals surface area contributed by atoms with Crippen LogP contribution in [0.3, 0.4) is 0 Å². The second-order valence-electron chi connectivity index (χ2n) is 15.7. The summed E-state index contributed by atoms with van der Waals surface area (Å²) >= 11 is 0. The second kappa shape index (κ2) is 17.1. The number of benzene rings is 4. The van der Waals surface area contributed by atoms with Crippen LogP contribution >= 0.6 is 0 Å². The molecule has 1 fully saturated rings. The summed E-state index contributed by atoms with van der Waals surface area (Å²) in [6.45, 7) is 19.0. The van der Waals surface area contributed by atoms with Crippen LogP contribution in [0.15, 0.2) is 134 Å². The van der Waals surface area contributed by atoms with E-state index in [1.54, 1.807) is 6.08 Å². The van der Waals surface area contributed by atoms with Gasteiger partial charge in [0, 0.05) is 14.7 Å². The fourth-order valence-electron chi connectivity index (χ4n) is 6.86. The van der Waals surface area contributed by atoms with Gasteiger partial charge in [0.1, 0.15) is 23.9 Å². The lowest BCUT2D eigenvalue weighted by molar-refractivity contribution is -0.336. The Kier molecular flexibility index (Phi) is 13.1. The van der Waals surface area contributed by atoms with Crippen LogP contribution in [0.5, 0.6) is 0 Å². The largest absolute Gasteiger partial charge is 0.405 e. The van der Waals surface area contributed by atoms with E-state index in [2.05, 4.69) is 95.5 Å². The molecule has 0 spiro atoms. The fraction of sp³-hybridized carbons (Fsp3) is 0.395. The quantitative estimate of drug-likeness (QED) is 0.0943. The van der Waals surface area contributed by atoms with Gasteiger partial charge in [-0.05, 0) is 32.6 Å². The highest BCUT2D eigenvalue weighted by Gasteiger charge is 2.58. The smallest absolute Gasteiger partial charge is 0.261 e. The van der Waals surface area contributed by atoms with Crippen LogP contribution in [0.2, 0.25) is 30.7 Å². The minimum absolute atomic E-state index is 0.0836. The predicted octanol–water partition coefficient (Wildman–Crippen LogP) is 7.73. The summed E-state index contributed by atoms with van der Waals surface area (Å²) in [6, 6.07) is 41.9. The molecule has 0 radical (unpaired) electrons. The molecule has 5 rings (SSSR count). The van der Waals surface area contributed by atoms with E-state index in [1.165, 1.54) is 0 Å². The van der Waals surface area contributed by atoms with Gasteiger partial charge in [-0.25, -0.2) is 0 Å². The van der Waals surface area contributed by atoms with Crippen LogP contribution in [0.1, 0.15) is 31.9 Å². The third-order valence-corrected chi connectivity index (χ3v) is 16.4. The number of hydrogen-bond acceptors (Lipinski definition) is 6. The van der Waals surface area contributed by atoms with Crippen LogP contribution in [-0.4, -0.2) is 64.9 Å². The molecule has 51 heavy (non-hydrogen) atoms. The highest BCUT2D eigenvalue weighted by molar-refractivity contribution is 6.99. The van der Waals surface area contributed by atoms with Crippen molar-refractivity contribution in [2.24, 2.45) is 0 Å². The van der Waals surface area contributed by atoms with Crippen LogP contribution in [0.4, 0.5) is 0 Å². The number of aliphatic hydroxyl groups is 1. The first-order valence-corrected chi connectivity index (χ1v) is 23.7. The molecule has 1 heterocycles. The SMILES string of the molecule is C=C[C@]1(O)[C@H](OCc2ccccc2)[C@@H](OCc2ccccc2)[C@H](OCC[Si](C)(C)C)O[C@@H]1CO[Si](c1ccccc1)(c1ccccc1)C(C)(C)C. The van der Waals surface area contributed by atoms with E-state index in [9.17, 15) is 5.11 Å². The van der Waals surface area contributed by atoms with Crippen molar-refractivity contribution in [1.29, 1.82) is 0 Å². The van der Waals surface area contributed by atoms with E-state index in [4.69, 9.17) is 23.4 Å². The Morgan fingerprint density at radius 1 is 0.725 bits per heavy atom. The zero-order valence-electron chi connectivity index (χ0n) is 31.2. The lowest BCUT2D eigenvalue weighted by Crippen LogP contribution is -2.71. The van der Waals surface area contributed by atoms with Gasteiger partial charge >= 0.3 is 0 Å². The Labute approximate surface area is 307 Å². The van der Waals surface area contributed by atoms with Gasteiger partial charge in [0.15, 0.2) is 6.29 Å². The Morgan fingerprint density at radius 2 is 1.20 bits per heavy atom. The van der Waals surface area contributed by atoms with Crippen molar-refractivity contribution in [1.82, 2.24) is 0 Å². The number of hydrogen-bond donors (Lipinski definition) is 1. The highest BCUT2D eigenvalue weighted by Crippen LogP contribution is 2.40. The van der Waals surface area contributed by atoms with E-state index < -0.39 is 46.6 Å². The second-order valence-corrected chi connectivity index (χ2v) is 25.6. The maximum atomic E-state index is 12.8. The van der Waals surface area contributed by atoms with Crippen molar-refractivity contribution in [3.63, 3.8) is 0 Å². The van der Waals surface area contributed by atoms with E-state index >= 15 is 0 Å². The molecule has 1 aliphatic heterocycles. The number of ether oxygens (including phenoxy) is 4. The van der Waals surface area contributed by atoms with Crippen molar-refractivity contribution in [2.75, 3.05) is 13.2 Å². The van der Waals surface area contributed by atoms with Crippen LogP contribution in [0.25, 0.3) is 0 Å². The normalized spacial score (nSPS) is 22.8. The molecular weight excluding hydrogens is 669 g/mol. The van der Waals surface area contributed by atoms with Crippen molar-refractivity contribution in [3.8, 4) is 0 Å². The van der Waals surface area contributed by atoms with Crippen molar-refractivity contribution < 1.29 is 28.5 Å². The molecule has 1 saturated heterocycles. The summed E-state index contributed by atoms with van der Waals surface area (Å²) in [4.78, 5) is 0.